The Bertz CT molecular complexity index is 467. The number of benzene rings is 1. The molecule has 1 aromatic carbocycles. The smallest absolute Gasteiger partial charge is 0.258 e. The van der Waals surface area contributed by atoms with E-state index in [9.17, 15) is 18.5 Å². The fourth-order valence-corrected chi connectivity index (χ4v) is 4.15. The van der Waals surface area contributed by atoms with Crippen LogP contribution < -0.4 is 0 Å². The van der Waals surface area contributed by atoms with Crippen molar-refractivity contribution in [1.82, 2.24) is 0 Å². The maximum atomic E-state index is 11.4. The fourth-order valence-electron chi connectivity index (χ4n) is 1.06. The van der Waals surface area contributed by atoms with E-state index in [-0.39, 0.29) is 11.4 Å². The summed E-state index contributed by atoms with van der Waals surface area (Å²) in [6, 6.07) is 5.47. The third kappa shape index (κ3) is 3.82. The number of hydrogen-bond donors (Lipinski definition) is 0. The third-order valence-corrected chi connectivity index (χ3v) is 5.19. The first-order valence-corrected chi connectivity index (χ1v) is 7.60. The average molecular weight is 261 g/mol. The minimum Gasteiger partial charge on any atom is -0.258 e. The zero-order valence-electron chi connectivity index (χ0n) is 8.62. The van der Waals surface area contributed by atoms with Gasteiger partial charge in [0.05, 0.1) is 10.7 Å². The molecule has 5 nitrogen and oxygen atoms in total. The van der Waals surface area contributed by atoms with Gasteiger partial charge in [-0.3, -0.25) is 10.1 Å². The van der Waals surface area contributed by atoms with Gasteiger partial charge >= 0.3 is 0 Å². The molecule has 0 aromatic heterocycles. The van der Waals surface area contributed by atoms with E-state index in [1.165, 1.54) is 24.3 Å². The quantitative estimate of drug-likeness (QED) is 0.462. The first-order chi connectivity index (χ1) is 7.44. The van der Waals surface area contributed by atoms with Gasteiger partial charge in [0, 0.05) is 27.8 Å². The van der Waals surface area contributed by atoms with Crippen molar-refractivity contribution < 1.29 is 13.3 Å². The Morgan fingerprint density at radius 2 is 1.88 bits per heavy atom. The molecule has 0 saturated heterocycles. The standard InChI is InChI=1S/C9H11NO4S2/c1-2-7-16(13,14)15-9-5-3-8(4-6-9)10(11)12/h3-6H,2,7H2,1H3. The maximum absolute atomic E-state index is 11.4. The van der Waals surface area contributed by atoms with E-state index in [4.69, 9.17) is 0 Å². The van der Waals surface area contributed by atoms with Crippen LogP contribution in [0.1, 0.15) is 13.3 Å². The molecule has 0 atom stereocenters. The van der Waals surface area contributed by atoms with Crippen molar-refractivity contribution in [3.05, 3.63) is 34.4 Å². The molecule has 0 saturated carbocycles. The molecular weight excluding hydrogens is 250 g/mol. The predicted octanol–water partition coefficient (Wildman–Crippen LogP) is 2.43. The molecule has 0 bridgehead atoms. The first kappa shape index (κ1) is 13.0. The Kier molecular flexibility index (Phi) is 4.31. The molecular formula is C9H11NO4S2. The third-order valence-electron chi connectivity index (χ3n) is 1.72. The van der Waals surface area contributed by atoms with Gasteiger partial charge < -0.3 is 0 Å². The Balaban J connectivity index is 2.80. The lowest BCUT2D eigenvalue weighted by molar-refractivity contribution is -0.384. The Morgan fingerprint density at radius 1 is 1.31 bits per heavy atom. The topological polar surface area (TPSA) is 77.3 Å². The molecule has 88 valence electrons. The normalized spacial score (nSPS) is 11.3. The highest BCUT2D eigenvalue weighted by atomic mass is 33.1. The Labute approximate surface area is 97.3 Å². The summed E-state index contributed by atoms with van der Waals surface area (Å²) in [5.74, 6) is 0.106. The van der Waals surface area contributed by atoms with E-state index < -0.39 is 13.8 Å². The number of rotatable bonds is 5. The highest BCUT2D eigenvalue weighted by Crippen LogP contribution is 2.27. The van der Waals surface area contributed by atoms with Gasteiger partial charge in [0.15, 0.2) is 0 Å². The van der Waals surface area contributed by atoms with E-state index in [1.54, 1.807) is 6.92 Å². The van der Waals surface area contributed by atoms with Crippen molar-refractivity contribution >= 4 is 25.4 Å². The summed E-state index contributed by atoms with van der Waals surface area (Å²) in [5, 5.41) is 10.4. The molecule has 0 unspecified atom stereocenters. The van der Waals surface area contributed by atoms with Gasteiger partial charge in [-0.1, -0.05) is 6.92 Å². The summed E-state index contributed by atoms with van der Waals surface area (Å²) >= 11 is 0. The van der Waals surface area contributed by atoms with Crippen molar-refractivity contribution in [3.63, 3.8) is 0 Å². The van der Waals surface area contributed by atoms with Gasteiger partial charge in [0.25, 0.3) is 5.69 Å². The Hall–Kier alpha value is -1.08. The lowest BCUT2D eigenvalue weighted by Crippen LogP contribution is -1.99. The molecule has 0 heterocycles. The summed E-state index contributed by atoms with van der Waals surface area (Å²) in [6.07, 6.45) is 0.558. The van der Waals surface area contributed by atoms with Crippen LogP contribution in [0.15, 0.2) is 29.2 Å². The van der Waals surface area contributed by atoms with Crippen LogP contribution in [0, 0.1) is 10.1 Å². The lowest BCUT2D eigenvalue weighted by Gasteiger charge is -2.01. The highest BCUT2D eigenvalue weighted by molar-refractivity contribution is 8.72. The van der Waals surface area contributed by atoms with E-state index in [1.807, 2.05) is 0 Å². The molecule has 0 fully saturated rings. The van der Waals surface area contributed by atoms with E-state index >= 15 is 0 Å². The van der Waals surface area contributed by atoms with E-state index in [0.717, 1.165) is 10.8 Å². The number of nitro benzene ring substituents is 1. The largest absolute Gasteiger partial charge is 0.269 e. The second kappa shape index (κ2) is 5.31. The monoisotopic (exact) mass is 261 g/mol. The summed E-state index contributed by atoms with van der Waals surface area (Å²) in [4.78, 5) is 10.4. The fraction of sp³-hybridized carbons (Fsp3) is 0.333. The minimum atomic E-state index is -3.17. The van der Waals surface area contributed by atoms with Gasteiger partial charge in [-0.25, -0.2) is 8.42 Å². The zero-order chi connectivity index (χ0) is 12.2. The van der Waals surface area contributed by atoms with Crippen LogP contribution in [0.4, 0.5) is 5.69 Å². The molecule has 7 heteroatoms. The van der Waals surface area contributed by atoms with Crippen molar-refractivity contribution in [1.29, 1.82) is 0 Å². The molecule has 0 radical (unpaired) electrons. The maximum Gasteiger partial charge on any atom is 0.269 e. The van der Waals surface area contributed by atoms with Crippen LogP contribution in [-0.2, 0) is 8.87 Å². The molecule has 0 spiro atoms. The van der Waals surface area contributed by atoms with Crippen molar-refractivity contribution in [2.75, 3.05) is 5.75 Å². The molecule has 0 aliphatic carbocycles. The van der Waals surface area contributed by atoms with Crippen LogP contribution in [0.2, 0.25) is 0 Å². The molecule has 1 rings (SSSR count). The van der Waals surface area contributed by atoms with Crippen LogP contribution in [0.5, 0.6) is 0 Å². The summed E-state index contributed by atoms with van der Waals surface area (Å²) in [6.45, 7) is 1.79. The van der Waals surface area contributed by atoms with E-state index in [2.05, 4.69) is 0 Å². The van der Waals surface area contributed by atoms with E-state index in [0.29, 0.717) is 11.3 Å². The van der Waals surface area contributed by atoms with Crippen LogP contribution in [-0.4, -0.2) is 19.1 Å². The molecule has 16 heavy (non-hydrogen) atoms. The van der Waals surface area contributed by atoms with Crippen LogP contribution in [0.25, 0.3) is 0 Å². The van der Waals surface area contributed by atoms with Gasteiger partial charge in [0.2, 0.25) is 8.87 Å². The second-order valence-corrected chi connectivity index (χ2v) is 7.28. The molecule has 0 aliphatic heterocycles. The second-order valence-electron chi connectivity index (χ2n) is 3.10. The molecule has 0 aliphatic rings. The number of nitro groups is 1. The first-order valence-electron chi connectivity index (χ1n) is 4.61. The molecule has 0 amide bonds. The van der Waals surface area contributed by atoms with Crippen molar-refractivity contribution in [3.8, 4) is 0 Å². The SMILES string of the molecule is CCCS(=O)(=O)Sc1ccc([N+](=O)[O-])cc1. The van der Waals surface area contributed by atoms with Crippen LogP contribution >= 0.6 is 10.8 Å². The zero-order valence-corrected chi connectivity index (χ0v) is 10.3. The number of non-ortho nitro benzene ring substituents is 1. The van der Waals surface area contributed by atoms with Gasteiger partial charge in [-0.2, -0.15) is 0 Å². The molecule has 0 N–H and O–H groups in total. The van der Waals surface area contributed by atoms with Gasteiger partial charge in [-0.05, 0) is 18.6 Å². The summed E-state index contributed by atoms with van der Waals surface area (Å²) in [7, 11) is -2.43. The highest BCUT2D eigenvalue weighted by Gasteiger charge is 2.12. The van der Waals surface area contributed by atoms with Gasteiger partial charge in [-0.15, -0.1) is 0 Å². The van der Waals surface area contributed by atoms with Crippen molar-refractivity contribution in [2.24, 2.45) is 0 Å². The van der Waals surface area contributed by atoms with Crippen LogP contribution in [0.3, 0.4) is 0 Å². The van der Waals surface area contributed by atoms with Gasteiger partial charge in [0.1, 0.15) is 0 Å². The minimum absolute atomic E-state index is 0.0442. The predicted molar refractivity (Wildman–Crippen MR) is 63.0 cm³/mol. The average Bonchev–Trinajstić information content (AvgIpc) is 2.17. The molecule has 1 aromatic rings. The Morgan fingerprint density at radius 3 is 2.31 bits per heavy atom. The number of hydrogen-bond acceptors (Lipinski definition) is 5. The number of nitrogens with zero attached hydrogens (tertiary/aromatic N) is 1. The van der Waals surface area contributed by atoms with Crippen molar-refractivity contribution in [2.45, 2.75) is 18.2 Å². The summed E-state index contributed by atoms with van der Waals surface area (Å²) < 4.78 is 22.9. The lowest BCUT2D eigenvalue weighted by atomic mass is 10.3. The summed E-state index contributed by atoms with van der Waals surface area (Å²) in [5.41, 5.74) is -0.0442.